The lowest BCUT2D eigenvalue weighted by molar-refractivity contribution is -0.0514. The van der Waals surface area contributed by atoms with Gasteiger partial charge in [0.2, 0.25) is 0 Å². The zero-order valence-corrected chi connectivity index (χ0v) is 13.9. The van der Waals surface area contributed by atoms with Gasteiger partial charge >= 0.3 is 0 Å². The third-order valence-electron chi connectivity index (χ3n) is 6.41. The molecule has 0 heterocycles. The van der Waals surface area contributed by atoms with Gasteiger partial charge in [0.1, 0.15) is 5.82 Å². The van der Waals surface area contributed by atoms with Crippen molar-refractivity contribution in [1.29, 1.82) is 0 Å². The number of carbonyl (C=O) groups excluding carboxylic acids is 1. The summed E-state index contributed by atoms with van der Waals surface area (Å²) in [6.07, 6.45) is 8.23. The van der Waals surface area contributed by atoms with Crippen LogP contribution in [-0.4, -0.2) is 17.7 Å². The number of amides is 1. The minimum atomic E-state index is -0.810. The van der Waals surface area contributed by atoms with Gasteiger partial charge in [0.05, 0.1) is 5.56 Å². The smallest absolute Gasteiger partial charge is 0.277 e. The summed E-state index contributed by atoms with van der Waals surface area (Å²) in [5.41, 5.74) is 2.26. The molecule has 4 bridgehead atoms. The summed E-state index contributed by atoms with van der Waals surface area (Å²) in [4.78, 5) is 11.5. The van der Waals surface area contributed by atoms with Crippen LogP contribution in [0.4, 0.5) is 4.39 Å². The predicted octanol–water partition coefficient (Wildman–Crippen LogP) is 3.25. The van der Waals surface area contributed by atoms with Crippen molar-refractivity contribution in [3.63, 3.8) is 0 Å². The van der Waals surface area contributed by atoms with Crippen molar-refractivity contribution < 1.29 is 14.4 Å². The molecule has 5 heteroatoms. The highest BCUT2D eigenvalue weighted by Crippen LogP contribution is 2.59. The van der Waals surface area contributed by atoms with E-state index in [0.717, 1.165) is 24.3 Å². The third kappa shape index (κ3) is 2.84. The highest BCUT2D eigenvalue weighted by atomic mass is 19.1. The van der Waals surface area contributed by atoms with E-state index in [1.54, 1.807) is 12.1 Å². The number of hydroxylamine groups is 1. The fourth-order valence-corrected chi connectivity index (χ4v) is 5.92. The Labute approximate surface area is 141 Å². The minimum absolute atomic E-state index is 0.119. The first-order chi connectivity index (χ1) is 11.6. The Bertz CT molecular complexity index is 611. The van der Waals surface area contributed by atoms with Gasteiger partial charge in [0.25, 0.3) is 5.91 Å². The Balaban J connectivity index is 1.40. The number of benzene rings is 1. The summed E-state index contributed by atoms with van der Waals surface area (Å²) < 4.78 is 14.4. The van der Waals surface area contributed by atoms with Gasteiger partial charge in [-0.1, -0.05) is 12.1 Å². The van der Waals surface area contributed by atoms with E-state index in [9.17, 15) is 9.18 Å². The molecule has 1 aromatic rings. The van der Waals surface area contributed by atoms with Gasteiger partial charge in [0.15, 0.2) is 0 Å². The van der Waals surface area contributed by atoms with Gasteiger partial charge < -0.3 is 5.32 Å². The molecule has 0 radical (unpaired) electrons. The van der Waals surface area contributed by atoms with Crippen LogP contribution in [-0.2, 0) is 6.54 Å². The number of rotatable bonds is 5. The molecule has 5 rings (SSSR count). The van der Waals surface area contributed by atoms with Crippen LogP contribution < -0.4 is 10.8 Å². The van der Waals surface area contributed by atoms with Crippen molar-refractivity contribution in [2.24, 2.45) is 23.2 Å². The average molecular weight is 332 g/mol. The number of halogens is 1. The first kappa shape index (κ1) is 16.0. The Morgan fingerprint density at radius 2 is 1.79 bits per heavy atom. The monoisotopic (exact) mass is 332 g/mol. The first-order valence-electron chi connectivity index (χ1n) is 9.01. The maximum atomic E-state index is 14.4. The van der Waals surface area contributed by atoms with Gasteiger partial charge in [-0.25, -0.2) is 9.87 Å². The lowest BCUT2D eigenvalue weighted by Gasteiger charge is -2.57. The second kappa shape index (κ2) is 6.12. The van der Waals surface area contributed by atoms with Gasteiger partial charge in [0, 0.05) is 18.7 Å². The van der Waals surface area contributed by atoms with E-state index >= 15 is 0 Å². The van der Waals surface area contributed by atoms with Gasteiger partial charge in [-0.3, -0.25) is 10.0 Å². The molecule has 0 atom stereocenters. The highest BCUT2D eigenvalue weighted by molar-refractivity contribution is 5.93. The topological polar surface area (TPSA) is 61.4 Å². The summed E-state index contributed by atoms with van der Waals surface area (Å²) in [6.45, 7) is 1.35. The standard InChI is InChI=1S/C19H25FN2O2/c20-17-15(2-1-3-16(17)18(23)22-24)10-21-11-19-7-12-4-13(8-19)6-14(5-12)9-19/h1-3,12-14,21,24H,4-11H2,(H,22,23). The number of nitrogens with one attached hydrogen (secondary N) is 2. The van der Waals surface area contributed by atoms with Crippen molar-refractivity contribution >= 4 is 5.91 Å². The van der Waals surface area contributed by atoms with Crippen molar-refractivity contribution in [1.82, 2.24) is 10.8 Å². The minimum Gasteiger partial charge on any atom is -0.312 e. The third-order valence-corrected chi connectivity index (χ3v) is 6.41. The van der Waals surface area contributed by atoms with Crippen LogP contribution in [0.3, 0.4) is 0 Å². The zero-order chi connectivity index (χ0) is 16.7. The molecule has 0 aliphatic heterocycles. The van der Waals surface area contributed by atoms with E-state index in [2.05, 4.69) is 5.32 Å². The predicted molar refractivity (Wildman–Crippen MR) is 88.0 cm³/mol. The lowest BCUT2D eigenvalue weighted by Crippen LogP contribution is -2.50. The molecule has 3 N–H and O–H groups in total. The van der Waals surface area contributed by atoms with E-state index in [-0.39, 0.29) is 5.56 Å². The van der Waals surface area contributed by atoms with E-state index in [0.29, 0.717) is 17.5 Å². The molecule has 0 saturated heterocycles. The van der Waals surface area contributed by atoms with E-state index < -0.39 is 11.7 Å². The Kier molecular flexibility index (Phi) is 4.09. The molecule has 0 spiro atoms. The van der Waals surface area contributed by atoms with E-state index in [1.165, 1.54) is 50.1 Å². The molecule has 1 aromatic carbocycles. The van der Waals surface area contributed by atoms with Crippen LogP contribution in [0.1, 0.15) is 54.4 Å². The molecular weight excluding hydrogens is 307 g/mol. The fourth-order valence-electron chi connectivity index (χ4n) is 5.92. The number of hydrogen-bond acceptors (Lipinski definition) is 3. The molecule has 0 aromatic heterocycles. The van der Waals surface area contributed by atoms with Crippen molar-refractivity contribution in [3.8, 4) is 0 Å². The fraction of sp³-hybridized carbons (Fsp3) is 0.632. The lowest BCUT2D eigenvalue weighted by atomic mass is 9.49. The SMILES string of the molecule is O=C(NO)c1cccc(CNCC23CC4CC(CC(C4)C2)C3)c1F. The van der Waals surface area contributed by atoms with E-state index in [4.69, 9.17) is 5.21 Å². The van der Waals surface area contributed by atoms with Crippen LogP contribution >= 0.6 is 0 Å². The second-order valence-electron chi connectivity index (χ2n) is 8.24. The summed E-state index contributed by atoms with van der Waals surface area (Å²) in [7, 11) is 0. The normalized spacial score (nSPS) is 33.7. The van der Waals surface area contributed by atoms with Crippen LogP contribution in [0.15, 0.2) is 18.2 Å². The maximum absolute atomic E-state index is 14.4. The second-order valence-corrected chi connectivity index (χ2v) is 8.24. The first-order valence-corrected chi connectivity index (χ1v) is 9.01. The molecule has 24 heavy (non-hydrogen) atoms. The van der Waals surface area contributed by atoms with Crippen molar-refractivity contribution in [2.75, 3.05) is 6.54 Å². The maximum Gasteiger partial charge on any atom is 0.277 e. The van der Waals surface area contributed by atoms with E-state index in [1.807, 2.05) is 0 Å². The number of hydrogen-bond donors (Lipinski definition) is 3. The highest BCUT2D eigenvalue weighted by Gasteiger charge is 2.50. The molecule has 4 fully saturated rings. The van der Waals surface area contributed by atoms with Gasteiger partial charge in [-0.15, -0.1) is 0 Å². The van der Waals surface area contributed by atoms with Crippen LogP contribution in [0.25, 0.3) is 0 Å². The van der Waals surface area contributed by atoms with Crippen LogP contribution in [0.5, 0.6) is 0 Å². The largest absolute Gasteiger partial charge is 0.312 e. The van der Waals surface area contributed by atoms with Crippen molar-refractivity contribution in [3.05, 3.63) is 35.1 Å². The Morgan fingerprint density at radius 1 is 1.17 bits per heavy atom. The van der Waals surface area contributed by atoms with Crippen LogP contribution in [0, 0.1) is 29.0 Å². The number of carbonyl (C=O) groups is 1. The summed E-state index contributed by atoms with van der Waals surface area (Å²) in [5.74, 6) is 1.36. The summed E-state index contributed by atoms with van der Waals surface area (Å²) in [5, 5.41) is 12.1. The molecule has 4 saturated carbocycles. The average Bonchev–Trinajstić information content (AvgIpc) is 2.54. The molecule has 4 nitrogen and oxygen atoms in total. The van der Waals surface area contributed by atoms with Crippen molar-refractivity contribution in [2.45, 2.75) is 45.1 Å². The van der Waals surface area contributed by atoms with Gasteiger partial charge in [-0.2, -0.15) is 0 Å². The van der Waals surface area contributed by atoms with Gasteiger partial charge in [-0.05, 0) is 67.8 Å². The molecule has 0 unspecified atom stereocenters. The summed E-state index contributed by atoms with van der Waals surface area (Å²) in [6, 6.07) is 4.72. The molecule has 4 aliphatic rings. The summed E-state index contributed by atoms with van der Waals surface area (Å²) >= 11 is 0. The Morgan fingerprint density at radius 3 is 2.38 bits per heavy atom. The molecular formula is C19H25FN2O2. The Hall–Kier alpha value is -1.46. The zero-order valence-electron chi connectivity index (χ0n) is 13.9. The molecule has 4 aliphatic carbocycles. The quantitative estimate of drug-likeness (QED) is 0.573. The van der Waals surface area contributed by atoms with Crippen LogP contribution in [0.2, 0.25) is 0 Å². The molecule has 130 valence electrons. The molecule has 1 amide bonds.